The van der Waals surface area contributed by atoms with E-state index in [1.54, 1.807) is 31.2 Å². The minimum Gasteiger partial charge on any atom is -0.494 e. The first-order valence-electron chi connectivity index (χ1n) is 6.29. The van der Waals surface area contributed by atoms with Crippen LogP contribution < -0.4 is 11.2 Å². The zero-order valence-electron chi connectivity index (χ0n) is 11.6. The lowest BCUT2D eigenvalue weighted by Crippen LogP contribution is -2.34. The Bertz CT molecular complexity index is 766. The van der Waals surface area contributed by atoms with Gasteiger partial charge in [0.15, 0.2) is 0 Å². The molecule has 7 heteroatoms. The van der Waals surface area contributed by atoms with Crippen LogP contribution in [-0.2, 0) is 4.74 Å². The summed E-state index contributed by atoms with van der Waals surface area (Å²) in [5.41, 5.74) is -1.07. The van der Waals surface area contributed by atoms with Crippen LogP contribution in [0, 0.1) is 0 Å². The van der Waals surface area contributed by atoms with Gasteiger partial charge in [-0.15, -0.1) is 0 Å². The molecule has 112 valence electrons. The fraction of sp³-hybridized carbons (Fsp3) is 0.286. The highest BCUT2D eigenvalue weighted by Gasteiger charge is 2.20. The molecular formula is C14H15ClN2O4. The zero-order valence-corrected chi connectivity index (χ0v) is 12.3. The van der Waals surface area contributed by atoms with E-state index in [2.05, 4.69) is 4.98 Å². The number of benzene rings is 1. The molecule has 1 unspecified atom stereocenters. The van der Waals surface area contributed by atoms with Gasteiger partial charge in [-0.25, -0.2) is 4.79 Å². The fourth-order valence-electron chi connectivity index (χ4n) is 2.17. The molecule has 2 rings (SSSR count). The molecule has 0 aliphatic heterocycles. The quantitative estimate of drug-likeness (QED) is 0.901. The highest BCUT2D eigenvalue weighted by molar-refractivity contribution is 6.33. The van der Waals surface area contributed by atoms with Crippen LogP contribution in [0.2, 0.25) is 5.02 Å². The summed E-state index contributed by atoms with van der Waals surface area (Å²) < 4.78 is 6.05. The molecule has 1 atom stereocenters. The third-order valence-electron chi connectivity index (χ3n) is 3.11. The molecule has 2 aromatic rings. The Morgan fingerprint density at radius 3 is 2.67 bits per heavy atom. The van der Waals surface area contributed by atoms with Crippen LogP contribution in [0.1, 0.15) is 13.0 Å². The van der Waals surface area contributed by atoms with Crippen LogP contribution >= 0.6 is 11.6 Å². The number of methoxy groups -OCH3 is 1. The number of aromatic hydroxyl groups is 1. The first-order valence-corrected chi connectivity index (χ1v) is 6.66. The predicted octanol–water partition coefficient (Wildman–Crippen LogP) is 1.77. The van der Waals surface area contributed by atoms with Crippen LogP contribution in [0.15, 0.2) is 33.9 Å². The Hall–Kier alpha value is -2.05. The number of nitrogens with one attached hydrogen (secondary N) is 1. The second kappa shape index (κ2) is 6.15. The summed E-state index contributed by atoms with van der Waals surface area (Å²) in [5.74, 6) is -0.429. The normalized spacial score (nSPS) is 12.3. The smallest absolute Gasteiger partial charge is 0.331 e. The monoisotopic (exact) mass is 310 g/mol. The Kier molecular flexibility index (Phi) is 4.50. The van der Waals surface area contributed by atoms with Gasteiger partial charge < -0.3 is 9.84 Å². The van der Waals surface area contributed by atoms with Gasteiger partial charge >= 0.3 is 5.69 Å². The standard InChI is InChI=1S/C14H15ClN2O4/c1-8(7-21-2)17-13(19)11(12(18)16-14(17)20)9-5-3-4-6-10(9)15/h3-6,8,19H,7H2,1-2H3,(H,16,18,20). The molecule has 0 fully saturated rings. The van der Waals surface area contributed by atoms with Crippen molar-refractivity contribution in [1.29, 1.82) is 0 Å². The molecule has 0 aliphatic rings. The number of H-pyrrole nitrogens is 1. The molecule has 1 aromatic heterocycles. The van der Waals surface area contributed by atoms with Crippen molar-refractivity contribution in [3.05, 3.63) is 50.1 Å². The van der Waals surface area contributed by atoms with E-state index in [9.17, 15) is 14.7 Å². The molecule has 2 N–H and O–H groups in total. The molecule has 0 spiro atoms. The number of hydrogen-bond donors (Lipinski definition) is 2. The van der Waals surface area contributed by atoms with Crippen molar-refractivity contribution in [2.45, 2.75) is 13.0 Å². The van der Waals surface area contributed by atoms with E-state index in [1.165, 1.54) is 7.11 Å². The van der Waals surface area contributed by atoms with Gasteiger partial charge in [-0.1, -0.05) is 29.8 Å². The van der Waals surface area contributed by atoms with E-state index >= 15 is 0 Å². The minimum atomic E-state index is -0.696. The fourth-order valence-corrected chi connectivity index (χ4v) is 2.40. The highest BCUT2D eigenvalue weighted by Crippen LogP contribution is 2.31. The first kappa shape index (κ1) is 15.3. The lowest BCUT2D eigenvalue weighted by atomic mass is 10.1. The molecule has 0 saturated carbocycles. The van der Waals surface area contributed by atoms with Crippen LogP contribution in [-0.4, -0.2) is 28.4 Å². The number of hydrogen-bond acceptors (Lipinski definition) is 4. The molecule has 0 radical (unpaired) electrons. The van der Waals surface area contributed by atoms with Crippen molar-refractivity contribution in [1.82, 2.24) is 9.55 Å². The summed E-state index contributed by atoms with van der Waals surface area (Å²) in [4.78, 5) is 26.1. The Morgan fingerprint density at radius 2 is 2.05 bits per heavy atom. The van der Waals surface area contributed by atoms with Gasteiger partial charge in [0.1, 0.15) is 5.56 Å². The van der Waals surface area contributed by atoms with Crippen molar-refractivity contribution < 1.29 is 9.84 Å². The molecule has 0 saturated heterocycles. The SMILES string of the molecule is COCC(C)n1c(O)c(-c2ccccc2Cl)c(=O)[nH]c1=O. The van der Waals surface area contributed by atoms with Gasteiger partial charge in [0.2, 0.25) is 5.88 Å². The van der Waals surface area contributed by atoms with Gasteiger partial charge in [0.25, 0.3) is 5.56 Å². The number of aromatic nitrogens is 2. The predicted molar refractivity (Wildman–Crippen MR) is 80.0 cm³/mol. The molecular weight excluding hydrogens is 296 g/mol. The Morgan fingerprint density at radius 1 is 1.38 bits per heavy atom. The minimum absolute atomic E-state index is 0.0387. The van der Waals surface area contributed by atoms with Crippen molar-refractivity contribution in [3.63, 3.8) is 0 Å². The molecule has 0 bridgehead atoms. The third kappa shape index (κ3) is 2.86. The van der Waals surface area contributed by atoms with Crippen molar-refractivity contribution in [2.75, 3.05) is 13.7 Å². The zero-order chi connectivity index (χ0) is 15.6. The van der Waals surface area contributed by atoms with Gasteiger partial charge in [0, 0.05) is 17.7 Å². The van der Waals surface area contributed by atoms with Crippen molar-refractivity contribution in [2.24, 2.45) is 0 Å². The lowest BCUT2D eigenvalue weighted by Gasteiger charge is -2.17. The molecule has 1 heterocycles. The topological polar surface area (TPSA) is 84.3 Å². The van der Waals surface area contributed by atoms with Gasteiger partial charge in [-0.3, -0.25) is 14.3 Å². The molecule has 0 aliphatic carbocycles. The second-order valence-electron chi connectivity index (χ2n) is 4.61. The average molecular weight is 311 g/mol. The molecule has 0 amide bonds. The third-order valence-corrected chi connectivity index (χ3v) is 3.44. The number of ether oxygens (including phenoxy) is 1. The maximum absolute atomic E-state index is 12.0. The lowest BCUT2D eigenvalue weighted by molar-refractivity contribution is 0.155. The largest absolute Gasteiger partial charge is 0.494 e. The van der Waals surface area contributed by atoms with Crippen LogP contribution in [0.5, 0.6) is 5.88 Å². The maximum Gasteiger partial charge on any atom is 0.331 e. The average Bonchev–Trinajstić information content (AvgIpc) is 2.40. The van der Waals surface area contributed by atoms with E-state index in [0.29, 0.717) is 10.6 Å². The van der Waals surface area contributed by atoms with Crippen molar-refractivity contribution >= 4 is 11.6 Å². The summed E-state index contributed by atoms with van der Waals surface area (Å²) in [7, 11) is 1.49. The molecule has 21 heavy (non-hydrogen) atoms. The summed E-state index contributed by atoms with van der Waals surface area (Å²) in [6, 6.07) is 6.15. The van der Waals surface area contributed by atoms with E-state index in [4.69, 9.17) is 16.3 Å². The second-order valence-corrected chi connectivity index (χ2v) is 5.02. The molecule has 1 aromatic carbocycles. The number of aromatic amines is 1. The highest BCUT2D eigenvalue weighted by atomic mass is 35.5. The molecule has 6 nitrogen and oxygen atoms in total. The van der Waals surface area contributed by atoms with Crippen LogP contribution in [0.3, 0.4) is 0 Å². The van der Waals surface area contributed by atoms with Gasteiger partial charge in [0.05, 0.1) is 12.6 Å². The Balaban J connectivity index is 2.74. The first-order chi connectivity index (χ1) is 9.97. The van der Waals surface area contributed by atoms with E-state index in [0.717, 1.165) is 4.57 Å². The van der Waals surface area contributed by atoms with E-state index in [-0.39, 0.29) is 12.2 Å². The number of rotatable bonds is 4. The number of halogens is 1. The summed E-state index contributed by atoms with van der Waals surface area (Å²) >= 11 is 6.06. The summed E-state index contributed by atoms with van der Waals surface area (Å²) in [6.07, 6.45) is 0. The van der Waals surface area contributed by atoms with Crippen LogP contribution in [0.4, 0.5) is 0 Å². The van der Waals surface area contributed by atoms with Crippen molar-refractivity contribution in [3.8, 4) is 17.0 Å². The maximum atomic E-state index is 12.0. The van der Waals surface area contributed by atoms with Gasteiger partial charge in [-0.05, 0) is 13.0 Å². The van der Waals surface area contributed by atoms with Crippen LogP contribution in [0.25, 0.3) is 11.1 Å². The summed E-state index contributed by atoms with van der Waals surface area (Å²) in [6.45, 7) is 1.90. The Labute approximate surface area is 125 Å². The van der Waals surface area contributed by atoms with E-state index in [1.807, 2.05) is 0 Å². The van der Waals surface area contributed by atoms with Gasteiger partial charge in [-0.2, -0.15) is 0 Å². The number of nitrogens with zero attached hydrogens (tertiary/aromatic N) is 1. The summed E-state index contributed by atoms with van der Waals surface area (Å²) in [5, 5.41) is 10.7. The van der Waals surface area contributed by atoms with E-state index < -0.39 is 23.2 Å².